The molecule has 3 N–H and O–H groups in total. The van der Waals surface area contributed by atoms with Crippen molar-refractivity contribution in [1.29, 1.82) is 0 Å². The van der Waals surface area contributed by atoms with Crippen LogP contribution in [-0.2, 0) is 4.74 Å². The Morgan fingerprint density at radius 2 is 1.75 bits per heavy atom. The topological polar surface area (TPSA) is 97.1 Å². The van der Waals surface area contributed by atoms with Crippen LogP contribution in [0.4, 0.5) is 30.8 Å². The molecule has 2 aromatic heterocycles. The van der Waals surface area contributed by atoms with Crippen molar-refractivity contribution in [2.45, 2.75) is 71.1 Å². The van der Waals surface area contributed by atoms with Gasteiger partial charge in [-0.1, -0.05) is 7.43 Å². The lowest BCUT2D eigenvalue weighted by Crippen LogP contribution is -2.37. The molecule has 0 spiro atoms. The van der Waals surface area contributed by atoms with Crippen LogP contribution in [0.3, 0.4) is 0 Å². The summed E-state index contributed by atoms with van der Waals surface area (Å²) in [4.78, 5) is 13.6. The van der Waals surface area contributed by atoms with Crippen molar-refractivity contribution in [3.63, 3.8) is 0 Å². The number of halogens is 3. The van der Waals surface area contributed by atoms with Crippen LogP contribution in [0.2, 0.25) is 0 Å². The number of anilines is 3. The van der Waals surface area contributed by atoms with Gasteiger partial charge in [-0.15, -0.1) is 0 Å². The molecule has 3 heterocycles. The molecule has 5 rings (SSSR count). The number of nitrogens with zero attached hydrogens (tertiary/aromatic N) is 4. The van der Waals surface area contributed by atoms with E-state index in [1.165, 1.54) is 0 Å². The fourth-order valence-electron chi connectivity index (χ4n) is 5.02. The number of ether oxygens (including phenoxy) is 1. The highest BCUT2D eigenvalue weighted by atomic mass is 19.1. The lowest BCUT2D eigenvalue weighted by Gasteiger charge is -2.36. The summed E-state index contributed by atoms with van der Waals surface area (Å²) in [6, 6.07) is 1.27. The second kappa shape index (κ2) is 10.2. The largest absolute Gasteiger partial charge is 0.390 e. The number of fused-ring (bicyclic) bond motifs is 1. The Kier molecular flexibility index (Phi) is 7.42. The van der Waals surface area contributed by atoms with Gasteiger partial charge in [-0.3, -0.25) is 4.57 Å². The van der Waals surface area contributed by atoms with E-state index in [0.717, 1.165) is 25.7 Å². The number of imidazole rings is 1. The molecule has 196 valence electrons. The highest BCUT2D eigenvalue weighted by Crippen LogP contribution is 2.35. The third-order valence-electron chi connectivity index (χ3n) is 7.01. The minimum atomic E-state index is -1.06. The fourth-order valence-corrected chi connectivity index (χ4v) is 5.02. The van der Waals surface area contributed by atoms with Crippen LogP contribution in [0.5, 0.6) is 0 Å². The molecule has 1 unspecified atom stereocenters. The van der Waals surface area contributed by atoms with Gasteiger partial charge >= 0.3 is 0 Å². The zero-order valence-corrected chi connectivity index (χ0v) is 19.7. The summed E-state index contributed by atoms with van der Waals surface area (Å²) >= 11 is 0. The third-order valence-corrected chi connectivity index (χ3v) is 7.01. The summed E-state index contributed by atoms with van der Waals surface area (Å²) in [5.41, 5.74) is -0.215. The molecular weight excluding hydrogens is 473 g/mol. The predicted octanol–water partition coefficient (Wildman–Crippen LogP) is 5.33. The molecule has 0 bridgehead atoms. The molecule has 1 aliphatic heterocycles. The van der Waals surface area contributed by atoms with Gasteiger partial charge in [0.15, 0.2) is 17.3 Å². The highest BCUT2D eigenvalue weighted by Gasteiger charge is 2.32. The molecule has 8 nitrogen and oxygen atoms in total. The lowest BCUT2D eigenvalue weighted by molar-refractivity contribution is -0.000415. The van der Waals surface area contributed by atoms with Gasteiger partial charge in [-0.25, -0.2) is 23.1 Å². The zero-order valence-electron chi connectivity index (χ0n) is 19.7. The van der Waals surface area contributed by atoms with Crippen LogP contribution in [0.25, 0.3) is 11.2 Å². The van der Waals surface area contributed by atoms with E-state index in [1.807, 2.05) is 13.8 Å². The average Bonchev–Trinajstić information content (AvgIpc) is 3.43. The zero-order chi connectivity index (χ0) is 24.7. The smallest absolute Gasteiger partial charge is 0.224 e. The maximum Gasteiger partial charge on any atom is 0.224 e. The van der Waals surface area contributed by atoms with E-state index in [0.29, 0.717) is 48.9 Å². The molecule has 1 atom stereocenters. The molecule has 11 heteroatoms. The second-order valence-electron chi connectivity index (χ2n) is 9.94. The number of aromatic nitrogens is 4. The van der Waals surface area contributed by atoms with Gasteiger partial charge in [0.2, 0.25) is 11.9 Å². The van der Waals surface area contributed by atoms with Crippen LogP contribution >= 0.6 is 0 Å². The molecule has 1 aromatic carbocycles. The maximum absolute atomic E-state index is 14.3. The summed E-state index contributed by atoms with van der Waals surface area (Å²) in [5.74, 6) is -2.24. The Morgan fingerprint density at radius 1 is 1.06 bits per heavy atom. The Bertz CT molecular complexity index is 1190. The lowest BCUT2D eigenvalue weighted by atomic mass is 9.77. The monoisotopic (exact) mass is 506 g/mol. The van der Waals surface area contributed by atoms with E-state index < -0.39 is 28.7 Å². The van der Waals surface area contributed by atoms with Crippen molar-refractivity contribution < 1.29 is 23.0 Å². The quantitative estimate of drug-likeness (QED) is 0.416. The molecule has 2 aliphatic rings. The Labute approximate surface area is 208 Å². The number of aliphatic hydroxyl groups is 1. The second-order valence-corrected chi connectivity index (χ2v) is 9.94. The van der Waals surface area contributed by atoms with Gasteiger partial charge in [0, 0.05) is 24.8 Å². The summed E-state index contributed by atoms with van der Waals surface area (Å²) in [6.07, 6.45) is 5.85. The first kappa shape index (κ1) is 26.2. The Balaban J connectivity index is 0.00000304. The summed E-state index contributed by atoms with van der Waals surface area (Å²) in [7, 11) is 0. The summed E-state index contributed by atoms with van der Waals surface area (Å²) in [5, 5.41) is 16.4. The maximum atomic E-state index is 14.3. The number of hydrogen-bond acceptors (Lipinski definition) is 7. The fraction of sp³-hybridized carbons (Fsp3) is 0.560. The highest BCUT2D eigenvalue weighted by molar-refractivity contribution is 5.76. The van der Waals surface area contributed by atoms with E-state index >= 15 is 0 Å². The van der Waals surface area contributed by atoms with Crippen LogP contribution < -0.4 is 10.6 Å². The molecular formula is C25H33F3N6O2. The molecule has 1 saturated carbocycles. The van der Waals surface area contributed by atoms with E-state index in [2.05, 4.69) is 25.6 Å². The van der Waals surface area contributed by atoms with Gasteiger partial charge in [0.05, 0.1) is 24.4 Å². The van der Waals surface area contributed by atoms with Crippen LogP contribution in [0, 0.1) is 23.4 Å². The van der Waals surface area contributed by atoms with Gasteiger partial charge in [0.25, 0.3) is 0 Å². The third kappa shape index (κ3) is 5.27. The minimum absolute atomic E-state index is 0. The van der Waals surface area contributed by atoms with E-state index in [-0.39, 0.29) is 31.4 Å². The molecule has 3 aromatic rings. The van der Waals surface area contributed by atoms with Crippen molar-refractivity contribution in [1.82, 2.24) is 19.5 Å². The van der Waals surface area contributed by atoms with Crippen molar-refractivity contribution in [3.8, 4) is 0 Å². The van der Waals surface area contributed by atoms with Gasteiger partial charge < -0.3 is 20.5 Å². The number of rotatable bonds is 6. The Hall–Kier alpha value is -2.92. The number of benzene rings is 1. The molecule has 1 saturated heterocycles. The number of hydrogen-bond donors (Lipinski definition) is 3. The predicted molar refractivity (Wildman–Crippen MR) is 132 cm³/mol. The normalized spacial score (nSPS) is 22.4. The van der Waals surface area contributed by atoms with E-state index in [4.69, 9.17) is 4.74 Å². The minimum Gasteiger partial charge on any atom is -0.390 e. The first-order chi connectivity index (χ1) is 16.7. The van der Waals surface area contributed by atoms with Gasteiger partial charge in [0.1, 0.15) is 17.0 Å². The van der Waals surface area contributed by atoms with E-state index in [9.17, 15) is 18.3 Å². The van der Waals surface area contributed by atoms with E-state index in [1.54, 1.807) is 10.8 Å². The molecule has 0 radical (unpaired) electrons. The van der Waals surface area contributed by atoms with Gasteiger partial charge in [-0.2, -0.15) is 4.98 Å². The van der Waals surface area contributed by atoms with Crippen molar-refractivity contribution in [2.24, 2.45) is 5.92 Å². The molecule has 36 heavy (non-hydrogen) atoms. The first-order valence-electron chi connectivity index (χ1n) is 11.9. The first-order valence-corrected chi connectivity index (χ1v) is 11.9. The van der Waals surface area contributed by atoms with Crippen LogP contribution in [-0.4, -0.2) is 49.5 Å². The Morgan fingerprint density at radius 3 is 2.36 bits per heavy atom. The molecule has 2 fully saturated rings. The number of nitrogens with one attached hydrogen (secondary N) is 2. The van der Waals surface area contributed by atoms with Crippen molar-refractivity contribution in [2.75, 3.05) is 23.8 Å². The van der Waals surface area contributed by atoms with Crippen LogP contribution in [0.1, 0.15) is 59.4 Å². The SMILES string of the molecule is C.CC(C)(O)C1CCC(Nc2ncc3nc(Nc4c(F)cc(F)cc4F)n(C4CCOC4)c3n2)CC1. The van der Waals surface area contributed by atoms with Crippen LogP contribution in [0.15, 0.2) is 18.3 Å². The standard InChI is InChI=1S/C24H29F3N6O2.CH4/c1-24(2,34)13-3-5-15(6-4-13)29-22-28-11-19-21(32-22)33(16-7-8-35-12-16)23(30-19)31-20-17(26)9-14(25)10-18(20)27;/h9-11,13,15-16,34H,3-8,12H2,1-2H3,(H,30,31)(H,28,29,32);1H4. The molecule has 1 aliphatic carbocycles. The van der Waals surface area contributed by atoms with Gasteiger partial charge in [-0.05, 0) is 51.9 Å². The van der Waals surface area contributed by atoms with Crippen molar-refractivity contribution in [3.05, 3.63) is 35.8 Å². The molecule has 0 amide bonds. The average molecular weight is 507 g/mol. The summed E-state index contributed by atoms with van der Waals surface area (Å²) in [6.45, 7) is 4.66. The summed E-state index contributed by atoms with van der Waals surface area (Å²) < 4.78 is 49.3. The van der Waals surface area contributed by atoms with Crippen molar-refractivity contribution >= 4 is 28.7 Å².